The van der Waals surface area contributed by atoms with Crippen molar-refractivity contribution in [1.82, 2.24) is 0 Å². The second-order valence-electron chi connectivity index (χ2n) is 5.75. The average molecular weight is 325 g/mol. The van der Waals surface area contributed by atoms with Gasteiger partial charge in [-0.05, 0) is 55.5 Å². The van der Waals surface area contributed by atoms with Crippen molar-refractivity contribution in [1.29, 1.82) is 0 Å². The highest BCUT2D eigenvalue weighted by Crippen LogP contribution is 2.33. The summed E-state index contributed by atoms with van der Waals surface area (Å²) in [6, 6.07) is 7.26. The Balaban J connectivity index is 2.24. The van der Waals surface area contributed by atoms with Gasteiger partial charge in [-0.2, -0.15) is 0 Å². The molecule has 2 atom stereocenters. The first-order chi connectivity index (χ1) is 9.13. The lowest BCUT2D eigenvalue weighted by molar-refractivity contribution is 0.321. The van der Waals surface area contributed by atoms with Crippen LogP contribution in [0, 0.1) is 5.92 Å². The van der Waals surface area contributed by atoms with Crippen molar-refractivity contribution in [3.05, 3.63) is 28.2 Å². The Bertz CT molecular complexity index is 419. The van der Waals surface area contributed by atoms with Gasteiger partial charge in [-0.3, -0.25) is 0 Å². The van der Waals surface area contributed by atoms with Crippen molar-refractivity contribution in [2.75, 3.05) is 18.5 Å². The van der Waals surface area contributed by atoms with Crippen LogP contribution in [0.5, 0.6) is 0 Å². The molecule has 0 bridgehead atoms. The standard InChI is InChI=1S/C16H25BrN2/c1-12-5-3-4-6-15(12)19(2)16-8-7-14(17)11-13(16)9-10-18/h7-8,11-12,15H,3-6,9-10,18H2,1-2H3. The van der Waals surface area contributed by atoms with E-state index in [1.54, 1.807) is 0 Å². The maximum absolute atomic E-state index is 5.75. The molecule has 1 aliphatic carbocycles. The SMILES string of the molecule is CC1CCCCC1N(C)c1ccc(Br)cc1CCN. The van der Waals surface area contributed by atoms with E-state index in [1.807, 2.05) is 0 Å². The first-order valence-electron chi connectivity index (χ1n) is 7.35. The van der Waals surface area contributed by atoms with Gasteiger partial charge in [0.25, 0.3) is 0 Å². The third kappa shape index (κ3) is 3.51. The largest absolute Gasteiger partial charge is 0.371 e. The molecule has 1 fully saturated rings. The number of benzene rings is 1. The zero-order chi connectivity index (χ0) is 13.8. The highest BCUT2D eigenvalue weighted by Gasteiger charge is 2.26. The van der Waals surface area contributed by atoms with Crippen molar-refractivity contribution in [2.45, 2.75) is 45.1 Å². The fourth-order valence-electron chi connectivity index (χ4n) is 3.30. The topological polar surface area (TPSA) is 29.3 Å². The fourth-order valence-corrected chi connectivity index (χ4v) is 3.71. The lowest BCUT2D eigenvalue weighted by atomic mass is 9.84. The minimum Gasteiger partial charge on any atom is -0.371 e. The van der Waals surface area contributed by atoms with Gasteiger partial charge in [0.15, 0.2) is 0 Å². The molecule has 2 rings (SSSR count). The number of nitrogens with two attached hydrogens (primary N) is 1. The van der Waals surface area contributed by atoms with E-state index in [1.165, 1.54) is 36.9 Å². The van der Waals surface area contributed by atoms with Crippen LogP contribution in [0.15, 0.2) is 22.7 Å². The molecule has 1 saturated carbocycles. The van der Waals surface area contributed by atoms with Crippen molar-refractivity contribution >= 4 is 21.6 Å². The summed E-state index contributed by atoms with van der Waals surface area (Å²) in [4.78, 5) is 2.49. The van der Waals surface area contributed by atoms with Crippen LogP contribution in [0.25, 0.3) is 0 Å². The van der Waals surface area contributed by atoms with Gasteiger partial charge >= 0.3 is 0 Å². The Hall–Kier alpha value is -0.540. The van der Waals surface area contributed by atoms with Gasteiger partial charge in [0.2, 0.25) is 0 Å². The van der Waals surface area contributed by atoms with Crippen molar-refractivity contribution in [2.24, 2.45) is 11.7 Å². The number of halogens is 1. The number of nitrogens with zero attached hydrogens (tertiary/aromatic N) is 1. The van der Waals surface area contributed by atoms with E-state index in [-0.39, 0.29) is 0 Å². The van der Waals surface area contributed by atoms with Crippen LogP contribution in [0.2, 0.25) is 0 Å². The fraction of sp³-hybridized carbons (Fsp3) is 0.625. The van der Waals surface area contributed by atoms with Crippen LogP contribution in [-0.2, 0) is 6.42 Å². The summed E-state index contributed by atoms with van der Waals surface area (Å²) in [6.07, 6.45) is 6.37. The summed E-state index contributed by atoms with van der Waals surface area (Å²) >= 11 is 3.56. The Morgan fingerprint density at radius 1 is 1.32 bits per heavy atom. The molecule has 106 valence electrons. The minimum absolute atomic E-state index is 0.673. The van der Waals surface area contributed by atoms with Crippen LogP contribution in [0.4, 0.5) is 5.69 Å². The zero-order valence-corrected chi connectivity index (χ0v) is 13.6. The van der Waals surface area contributed by atoms with Gasteiger partial charge in [0, 0.05) is 23.2 Å². The zero-order valence-electron chi connectivity index (χ0n) is 12.0. The summed E-state index contributed by atoms with van der Waals surface area (Å²) in [5.74, 6) is 0.785. The normalized spacial score (nSPS) is 23.4. The van der Waals surface area contributed by atoms with Crippen LogP contribution in [0.3, 0.4) is 0 Å². The molecule has 0 heterocycles. The van der Waals surface area contributed by atoms with E-state index >= 15 is 0 Å². The molecule has 0 saturated heterocycles. The average Bonchev–Trinajstić information content (AvgIpc) is 2.39. The summed E-state index contributed by atoms with van der Waals surface area (Å²) in [6.45, 7) is 3.10. The second-order valence-corrected chi connectivity index (χ2v) is 6.67. The summed E-state index contributed by atoms with van der Waals surface area (Å²) in [7, 11) is 2.25. The molecule has 19 heavy (non-hydrogen) atoms. The molecule has 0 aliphatic heterocycles. The maximum Gasteiger partial charge on any atom is 0.0400 e. The van der Waals surface area contributed by atoms with Crippen LogP contribution in [-0.4, -0.2) is 19.6 Å². The first kappa shape index (κ1) is 14.9. The highest BCUT2D eigenvalue weighted by atomic mass is 79.9. The molecule has 2 nitrogen and oxygen atoms in total. The molecule has 2 N–H and O–H groups in total. The van der Waals surface area contributed by atoms with E-state index in [4.69, 9.17) is 5.73 Å². The van der Waals surface area contributed by atoms with Gasteiger partial charge in [-0.25, -0.2) is 0 Å². The van der Waals surface area contributed by atoms with E-state index in [2.05, 4.69) is 53.0 Å². The number of anilines is 1. The first-order valence-corrected chi connectivity index (χ1v) is 8.14. The minimum atomic E-state index is 0.673. The molecule has 1 aliphatic rings. The molecule has 1 aromatic rings. The van der Waals surface area contributed by atoms with Gasteiger partial charge in [-0.15, -0.1) is 0 Å². The van der Waals surface area contributed by atoms with Gasteiger partial charge in [0.1, 0.15) is 0 Å². The summed E-state index contributed by atoms with van der Waals surface area (Å²) in [5, 5.41) is 0. The molecule has 1 aromatic carbocycles. The predicted molar refractivity (Wildman–Crippen MR) is 86.7 cm³/mol. The van der Waals surface area contributed by atoms with Crippen molar-refractivity contribution in [3.63, 3.8) is 0 Å². The number of rotatable bonds is 4. The molecule has 2 unspecified atom stereocenters. The summed E-state index contributed by atoms with van der Waals surface area (Å²) in [5.41, 5.74) is 8.46. The molecule has 0 spiro atoms. The van der Waals surface area contributed by atoms with Crippen LogP contribution >= 0.6 is 15.9 Å². The monoisotopic (exact) mass is 324 g/mol. The number of hydrogen-bond acceptors (Lipinski definition) is 2. The Labute approximate surface area is 125 Å². The van der Waals surface area contributed by atoms with E-state index in [0.29, 0.717) is 12.6 Å². The number of hydrogen-bond donors (Lipinski definition) is 1. The van der Waals surface area contributed by atoms with E-state index in [0.717, 1.165) is 16.8 Å². The lowest BCUT2D eigenvalue weighted by Crippen LogP contribution is -2.39. The maximum atomic E-state index is 5.75. The summed E-state index contributed by atoms with van der Waals surface area (Å²) < 4.78 is 1.14. The molecular weight excluding hydrogens is 300 g/mol. The third-order valence-corrected chi connectivity index (χ3v) is 4.89. The third-order valence-electron chi connectivity index (χ3n) is 4.40. The smallest absolute Gasteiger partial charge is 0.0400 e. The van der Waals surface area contributed by atoms with Crippen molar-refractivity contribution < 1.29 is 0 Å². The quantitative estimate of drug-likeness (QED) is 0.908. The van der Waals surface area contributed by atoms with Crippen molar-refractivity contribution in [3.8, 4) is 0 Å². The van der Waals surface area contributed by atoms with E-state index in [9.17, 15) is 0 Å². The van der Waals surface area contributed by atoms with Crippen LogP contribution < -0.4 is 10.6 Å². The Kier molecular flexibility index (Phi) is 5.28. The molecule has 0 aromatic heterocycles. The molecule has 3 heteroatoms. The predicted octanol–water partition coefficient (Wildman–Crippen LogP) is 3.97. The second kappa shape index (κ2) is 6.76. The van der Waals surface area contributed by atoms with Gasteiger partial charge < -0.3 is 10.6 Å². The van der Waals surface area contributed by atoms with Crippen LogP contribution in [0.1, 0.15) is 38.2 Å². The highest BCUT2D eigenvalue weighted by molar-refractivity contribution is 9.10. The molecular formula is C16H25BrN2. The van der Waals surface area contributed by atoms with Gasteiger partial charge in [0.05, 0.1) is 0 Å². The molecule has 0 radical (unpaired) electrons. The van der Waals surface area contributed by atoms with Gasteiger partial charge in [-0.1, -0.05) is 35.7 Å². The lowest BCUT2D eigenvalue weighted by Gasteiger charge is -2.38. The Morgan fingerprint density at radius 2 is 2.05 bits per heavy atom. The molecule has 0 amide bonds. The van der Waals surface area contributed by atoms with E-state index < -0.39 is 0 Å². The Morgan fingerprint density at radius 3 is 2.74 bits per heavy atom.